The number of hydrogen-bond acceptors (Lipinski definition) is 2. The Balaban J connectivity index is 1.92. The van der Waals surface area contributed by atoms with Gasteiger partial charge in [-0.15, -0.1) is 0 Å². The molecular weight excluding hydrogens is 353 g/mol. The third-order valence-corrected chi connectivity index (χ3v) is 6.58. The van der Waals surface area contributed by atoms with Gasteiger partial charge in [-0.1, -0.05) is 26.8 Å². The quantitative estimate of drug-likeness (QED) is 0.580. The summed E-state index contributed by atoms with van der Waals surface area (Å²) in [6.07, 6.45) is 3.05. The van der Waals surface area contributed by atoms with Crippen LogP contribution in [0.3, 0.4) is 0 Å². The van der Waals surface area contributed by atoms with E-state index >= 15 is 0 Å². The fourth-order valence-electron chi connectivity index (χ4n) is 5.33. The Labute approximate surface area is 164 Å². The van der Waals surface area contributed by atoms with Gasteiger partial charge in [0.05, 0.1) is 17.7 Å². The molecule has 1 spiro atoms. The predicted octanol–water partition coefficient (Wildman–Crippen LogP) is 5.80. The van der Waals surface area contributed by atoms with Gasteiger partial charge >= 0.3 is 0 Å². The number of halogens is 1. The van der Waals surface area contributed by atoms with Crippen LogP contribution < -0.4 is 0 Å². The van der Waals surface area contributed by atoms with Crippen LogP contribution in [0, 0.1) is 11.7 Å². The molecule has 146 valence electrons. The second-order valence-corrected chi connectivity index (χ2v) is 9.22. The Kier molecular flexibility index (Phi) is 3.70. The van der Waals surface area contributed by atoms with E-state index < -0.39 is 0 Å². The molecule has 3 nitrogen and oxygen atoms in total. The van der Waals surface area contributed by atoms with Gasteiger partial charge in [0.2, 0.25) is 0 Å². The van der Waals surface area contributed by atoms with Gasteiger partial charge in [-0.25, -0.2) is 4.39 Å². The van der Waals surface area contributed by atoms with Gasteiger partial charge in [0.25, 0.3) is 0 Å². The fraction of sp³-hybridized carbons (Fsp3) is 0.417. The molecule has 1 aromatic heterocycles. The number of hydrogen-bond donors (Lipinski definition) is 1. The molecule has 2 heterocycles. The van der Waals surface area contributed by atoms with E-state index in [0.29, 0.717) is 12.5 Å². The number of phenolic OH excluding ortho intramolecular Hbond substituents is 1. The van der Waals surface area contributed by atoms with E-state index in [1.165, 1.54) is 17.8 Å². The normalized spacial score (nSPS) is 26.1. The van der Waals surface area contributed by atoms with E-state index in [-0.39, 0.29) is 22.6 Å². The number of ether oxygens (including phenoxy) is 1. The van der Waals surface area contributed by atoms with Crippen LogP contribution in [-0.4, -0.2) is 16.3 Å². The van der Waals surface area contributed by atoms with Crippen LogP contribution >= 0.6 is 0 Å². The number of rotatable bonds is 1. The zero-order valence-electron chi connectivity index (χ0n) is 16.6. The van der Waals surface area contributed by atoms with Crippen molar-refractivity contribution < 1.29 is 14.2 Å². The molecule has 5 rings (SSSR count). The maximum Gasteiger partial charge on any atom is 0.125 e. The Bertz CT molecular complexity index is 1070. The van der Waals surface area contributed by atoms with E-state index in [0.717, 1.165) is 41.4 Å². The Morgan fingerprint density at radius 1 is 1.14 bits per heavy atom. The van der Waals surface area contributed by atoms with Crippen LogP contribution in [-0.2, 0) is 15.8 Å². The molecule has 28 heavy (non-hydrogen) atoms. The minimum Gasteiger partial charge on any atom is -0.507 e. The molecule has 2 atom stereocenters. The van der Waals surface area contributed by atoms with Crippen molar-refractivity contribution in [3.8, 4) is 11.4 Å². The summed E-state index contributed by atoms with van der Waals surface area (Å²) < 4.78 is 22.4. The lowest BCUT2D eigenvalue weighted by atomic mass is 9.76. The molecule has 3 aromatic rings. The van der Waals surface area contributed by atoms with Crippen LogP contribution in [0.25, 0.3) is 16.6 Å². The smallest absolute Gasteiger partial charge is 0.125 e. The first-order chi connectivity index (χ1) is 13.3. The van der Waals surface area contributed by atoms with Crippen LogP contribution in [0.1, 0.15) is 51.3 Å². The second kappa shape index (κ2) is 5.84. The van der Waals surface area contributed by atoms with Gasteiger partial charge in [0.1, 0.15) is 11.6 Å². The molecule has 0 unspecified atom stereocenters. The zero-order chi connectivity index (χ0) is 19.7. The van der Waals surface area contributed by atoms with Gasteiger partial charge in [-0.05, 0) is 61.6 Å². The lowest BCUT2D eigenvalue weighted by molar-refractivity contribution is -0.0819. The number of aromatic hydroxyl groups is 1. The lowest BCUT2D eigenvalue weighted by Crippen LogP contribution is -2.42. The predicted molar refractivity (Wildman–Crippen MR) is 109 cm³/mol. The number of aromatic nitrogens is 1. The van der Waals surface area contributed by atoms with Crippen molar-refractivity contribution in [1.29, 1.82) is 0 Å². The second-order valence-electron chi connectivity index (χ2n) is 9.22. The molecular formula is C24H26FNO2. The first-order valence-electron chi connectivity index (χ1n) is 10.1. The minimum atomic E-state index is -0.355. The highest BCUT2D eigenvalue weighted by molar-refractivity contribution is 5.94. The minimum absolute atomic E-state index is 0.230. The maximum atomic E-state index is 13.6. The summed E-state index contributed by atoms with van der Waals surface area (Å²) in [5, 5.41) is 11.8. The largest absolute Gasteiger partial charge is 0.507 e. The van der Waals surface area contributed by atoms with Crippen LogP contribution in [0.2, 0.25) is 0 Å². The zero-order valence-corrected chi connectivity index (χ0v) is 16.6. The summed E-state index contributed by atoms with van der Waals surface area (Å²) in [5.41, 5.74) is 3.59. The number of fused-ring (bicyclic) bond motifs is 4. The van der Waals surface area contributed by atoms with Gasteiger partial charge in [-0.3, -0.25) is 0 Å². The van der Waals surface area contributed by atoms with Crippen molar-refractivity contribution in [2.24, 2.45) is 5.92 Å². The standard InChI is InChI=1S/C24H26FNO2/c1-15-11-12-24(13-15)21-20-18(5-4-6-19(20)27)26(17-9-7-16(25)8-10-17)22(21)23(2,3)14-28-24/h4-10,15,27H,11-14H2,1-3H3/t15-,24-/m0/s1. The summed E-state index contributed by atoms with van der Waals surface area (Å²) in [6, 6.07) is 12.3. The molecule has 1 aliphatic carbocycles. The molecule has 0 amide bonds. The highest BCUT2D eigenvalue weighted by Crippen LogP contribution is 2.56. The fourth-order valence-corrected chi connectivity index (χ4v) is 5.33. The summed E-state index contributed by atoms with van der Waals surface area (Å²) in [5.74, 6) is 0.625. The van der Waals surface area contributed by atoms with Crippen molar-refractivity contribution in [2.75, 3.05) is 6.61 Å². The monoisotopic (exact) mass is 379 g/mol. The third kappa shape index (κ3) is 2.37. The van der Waals surface area contributed by atoms with Crippen molar-refractivity contribution >= 4 is 10.9 Å². The number of phenols is 1. The highest BCUT2D eigenvalue weighted by Gasteiger charge is 2.51. The van der Waals surface area contributed by atoms with Crippen molar-refractivity contribution in [3.05, 3.63) is 59.5 Å². The number of nitrogens with zero attached hydrogens (tertiary/aromatic N) is 1. The summed E-state index contributed by atoms with van der Waals surface area (Å²) in [4.78, 5) is 0. The Morgan fingerprint density at radius 3 is 2.57 bits per heavy atom. The molecule has 1 saturated carbocycles. The van der Waals surface area contributed by atoms with Crippen molar-refractivity contribution in [1.82, 2.24) is 4.57 Å². The van der Waals surface area contributed by atoms with Gasteiger partial charge in [0, 0.05) is 27.7 Å². The molecule has 1 N–H and O–H groups in total. The van der Waals surface area contributed by atoms with E-state index in [2.05, 4.69) is 25.3 Å². The number of benzene rings is 2. The van der Waals surface area contributed by atoms with E-state index in [1.807, 2.05) is 24.3 Å². The molecule has 1 aliphatic heterocycles. The summed E-state index contributed by atoms with van der Waals surface area (Å²) >= 11 is 0. The third-order valence-electron chi connectivity index (χ3n) is 6.58. The van der Waals surface area contributed by atoms with E-state index in [1.54, 1.807) is 6.07 Å². The van der Waals surface area contributed by atoms with Crippen LogP contribution in [0.15, 0.2) is 42.5 Å². The lowest BCUT2D eigenvalue weighted by Gasteiger charge is -2.43. The van der Waals surface area contributed by atoms with E-state index in [9.17, 15) is 9.50 Å². The molecule has 2 aromatic carbocycles. The Morgan fingerprint density at radius 2 is 1.89 bits per heavy atom. The van der Waals surface area contributed by atoms with Crippen molar-refractivity contribution in [2.45, 2.75) is 51.0 Å². The SMILES string of the molecule is C[C@H]1CC[C@@]2(C1)OCC(C)(C)c1c2c2c(O)cccc2n1-c1ccc(F)cc1. The highest BCUT2D eigenvalue weighted by atomic mass is 19.1. The molecule has 1 fully saturated rings. The first kappa shape index (κ1) is 17.7. The van der Waals surface area contributed by atoms with Gasteiger partial charge < -0.3 is 14.4 Å². The molecule has 4 heteroatoms. The maximum absolute atomic E-state index is 13.6. The van der Waals surface area contributed by atoms with Gasteiger partial charge in [0.15, 0.2) is 0 Å². The molecule has 0 bridgehead atoms. The van der Waals surface area contributed by atoms with E-state index in [4.69, 9.17) is 4.74 Å². The topological polar surface area (TPSA) is 34.4 Å². The molecule has 0 radical (unpaired) electrons. The molecule has 2 aliphatic rings. The Hall–Kier alpha value is -2.33. The van der Waals surface area contributed by atoms with Crippen molar-refractivity contribution in [3.63, 3.8) is 0 Å². The summed E-state index contributed by atoms with van der Waals surface area (Å²) in [6.45, 7) is 7.28. The average molecular weight is 379 g/mol. The van der Waals surface area contributed by atoms with Gasteiger partial charge in [-0.2, -0.15) is 0 Å². The first-order valence-corrected chi connectivity index (χ1v) is 10.1. The van der Waals surface area contributed by atoms with Crippen LogP contribution in [0.4, 0.5) is 4.39 Å². The summed E-state index contributed by atoms with van der Waals surface area (Å²) in [7, 11) is 0. The average Bonchev–Trinajstić information content (AvgIpc) is 3.21. The van der Waals surface area contributed by atoms with Crippen LogP contribution in [0.5, 0.6) is 5.75 Å². The molecule has 0 saturated heterocycles.